The number of hydrogen-bond acceptors (Lipinski definition) is 8. The van der Waals surface area contributed by atoms with Crippen LogP contribution in [0.3, 0.4) is 0 Å². The van der Waals surface area contributed by atoms with Gasteiger partial charge < -0.3 is 14.2 Å². The molecule has 1 amide bonds. The Morgan fingerprint density at radius 3 is 2.33 bits per heavy atom. The van der Waals surface area contributed by atoms with Gasteiger partial charge in [-0.25, -0.2) is 5.43 Å². The second kappa shape index (κ2) is 14.0. The monoisotopic (exact) mass is 579 g/mol. The largest absolute Gasteiger partial charge is 0.497 e. The number of hydrazone groups is 1. The zero-order valence-corrected chi connectivity index (χ0v) is 24.0. The molecule has 0 aliphatic carbocycles. The molecule has 10 heteroatoms. The van der Waals surface area contributed by atoms with Gasteiger partial charge in [0, 0.05) is 11.3 Å². The van der Waals surface area contributed by atoms with Crippen LogP contribution in [-0.4, -0.2) is 46.9 Å². The van der Waals surface area contributed by atoms with Crippen LogP contribution in [0.25, 0.3) is 17.1 Å². The van der Waals surface area contributed by atoms with Crippen molar-refractivity contribution in [2.24, 2.45) is 5.10 Å². The van der Waals surface area contributed by atoms with Crippen molar-refractivity contribution in [3.05, 3.63) is 114 Å². The molecule has 0 fully saturated rings. The lowest BCUT2D eigenvalue weighted by molar-refractivity contribution is -0.118. The minimum atomic E-state index is -0.279. The Labute approximate surface area is 248 Å². The summed E-state index contributed by atoms with van der Waals surface area (Å²) in [5.41, 5.74) is 6.14. The third-order valence-electron chi connectivity index (χ3n) is 6.16. The molecule has 4 aromatic carbocycles. The van der Waals surface area contributed by atoms with Gasteiger partial charge in [-0.1, -0.05) is 60.3 Å². The lowest BCUT2D eigenvalue weighted by Gasteiger charge is -2.11. The Kier molecular flexibility index (Phi) is 9.48. The van der Waals surface area contributed by atoms with Gasteiger partial charge in [-0.15, -0.1) is 10.2 Å². The molecular formula is C32H29N5O4S. The highest BCUT2D eigenvalue weighted by Crippen LogP contribution is 2.30. The number of amides is 1. The maximum absolute atomic E-state index is 12.7. The van der Waals surface area contributed by atoms with Crippen LogP contribution in [0, 0.1) is 0 Å². The van der Waals surface area contributed by atoms with Gasteiger partial charge in [0.05, 0.1) is 26.2 Å². The van der Waals surface area contributed by atoms with Gasteiger partial charge in [0.1, 0.15) is 12.4 Å². The van der Waals surface area contributed by atoms with Crippen molar-refractivity contribution in [3.63, 3.8) is 0 Å². The molecule has 0 saturated heterocycles. The topological polar surface area (TPSA) is 99.9 Å². The maximum atomic E-state index is 12.7. The molecule has 0 unspecified atom stereocenters. The number of hydrogen-bond donors (Lipinski definition) is 1. The minimum Gasteiger partial charge on any atom is -0.497 e. The summed E-state index contributed by atoms with van der Waals surface area (Å²) in [6, 6.07) is 32.7. The highest BCUT2D eigenvalue weighted by atomic mass is 32.2. The van der Waals surface area contributed by atoms with Crippen molar-refractivity contribution in [1.82, 2.24) is 20.2 Å². The second-order valence-corrected chi connectivity index (χ2v) is 9.91. The first kappa shape index (κ1) is 28.4. The number of nitrogens with one attached hydrogen (secondary N) is 1. The number of carbonyl (C=O) groups is 1. The molecule has 5 aromatic rings. The summed E-state index contributed by atoms with van der Waals surface area (Å²) >= 11 is 1.27. The number of carbonyl (C=O) groups excluding carboxylic acids is 1. The number of methoxy groups -OCH3 is 2. The molecule has 1 heterocycles. The smallest absolute Gasteiger partial charge is 0.250 e. The van der Waals surface area contributed by atoms with E-state index in [1.54, 1.807) is 26.5 Å². The average Bonchev–Trinajstić information content (AvgIpc) is 3.48. The number of thioether (sulfide) groups is 1. The highest BCUT2D eigenvalue weighted by molar-refractivity contribution is 7.99. The zero-order chi connectivity index (χ0) is 29.1. The van der Waals surface area contributed by atoms with Crippen molar-refractivity contribution >= 4 is 23.9 Å². The molecule has 212 valence electrons. The summed E-state index contributed by atoms with van der Waals surface area (Å²) in [7, 11) is 3.22. The van der Waals surface area contributed by atoms with Gasteiger partial charge in [0.15, 0.2) is 22.5 Å². The van der Waals surface area contributed by atoms with Crippen LogP contribution in [-0.2, 0) is 11.4 Å². The van der Waals surface area contributed by atoms with E-state index in [2.05, 4.69) is 20.7 Å². The molecule has 5 rings (SSSR count). The Hall–Kier alpha value is -5.09. The third kappa shape index (κ3) is 7.15. The second-order valence-electron chi connectivity index (χ2n) is 8.97. The summed E-state index contributed by atoms with van der Waals surface area (Å²) in [4.78, 5) is 12.7. The normalized spacial score (nSPS) is 10.9. The van der Waals surface area contributed by atoms with Gasteiger partial charge in [0.2, 0.25) is 0 Å². The third-order valence-corrected chi connectivity index (χ3v) is 7.08. The van der Waals surface area contributed by atoms with Crippen molar-refractivity contribution in [1.29, 1.82) is 0 Å². The van der Waals surface area contributed by atoms with Gasteiger partial charge in [-0.05, 0) is 65.7 Å². The highest BCUT2D eigenvalue weighted by Gasteiger charge is 2.17. The first-order valence-electron chi connectivity index (χ1n) is 13.1. The number of aromatic nitrogens is 3. The van der Waals surface area contributed by atoms with E-state index < -0.39 is 0 Å². The van der Waals surface area contributed by atoms with E-state index in [1.165, 1.54) is 11.8 Å². The van der Waals surface area contributed by atoms with E-state index in [0.717, 1.165) is 28.1 Å². The number of rotatable bonds is 12. The van der Waals surface area contributed by atoms with E-state index >= 15 is 0 Å². The molecule has 0 aliphatic rings. The first-order chi connectivity index (χ1) is 20.6. The molecule has 42 heavy (non-hydrogen) atoms. The molecule has 1 N–H and O–H groups in total. The van der Waals surface area contributed by atoms with Crippen LogP contribution in [0.4, 0.5) is 0 Å². The van der Waals surface area contributed by atoms with Crippen LogP contribution in [0.15, 0.2) is 113 Å². The number of nitrogens with zero attached hydrogens (tertiary/aromatic N) is 4. The van der Waals surface area contributed by atoms with Crippen molar-refractivity contribution < 1.29 is 19.0 Å². The Bertz CT molecular complexity index is 1640. The molecule has 0 atom stereocenters. The molecule has 0 spiro atoms. The molecule has 0 radical (unpaired) electrons. The molecular weight excluding hydrogens is 550 g/mol. The molecule has 0 bridgehead atoms. The number of para-hydroxylation sites is 1. The van der Waals surface area contributed by atoms with Crippen LogP contribution in [0.2, 0.25) is 0 Å². The van der Waals surface area contributed by atoms with Crippen LogP contribution in [0.5, 0.6) is 17.2 Å². The summed E-state index contributed by atoms with van der Waals surface area (Å²) < 4.78 is 18.6. The van der Waals surface area contributed by atoms with E-state index in [4.69, 9.17) is 14.2 Å². The maximum Gasteiger partial charge on any atom is 0.250 e. The SMILES string of the molecule is COc1ccc(-c2nnc(SCC(=O)NN=Cc3ccc(OC)c(OCc4ccccc4)c3)n2-c2ccccc2)cc1. The summed E-state index contributed by atoms with van der Waals surface area (Å²) in [6.45, 7) is 0.402. The minimum absolute atomic E-state index is 0.0962. The quantitative estimate of drug-likeness (QED) is 0.114. The zero-order valence-electron chi connectivity index (χ0n) is 23.1. The lowest BCUT2D eigenvalue weighted by atomic mass is 10.2. The van der Waals surface area contributed by atoms with Crippen LogP contribution in [0.1, 0.15) is 11.1 Å². The fourth-order valence-electron chi connectivity index (χ4n) is 4.06. The Morgan fingerprint density at radius 1 is 0.881 bits per heavy atom. The van der Waals surface area contributed by atoms with E-state index in [9.17, 15) is 4.79 Å². The molecule has 1 aromatic heterocycles. The average molecular weight is 580 g/mol. The molecule has 0 aliphatic heterocycles. The summed E-state index contributed by atoms with van der Waals surface area (Å²) in [5, 5.41) is 13.5. The van der Waals surface area contributed by atoms with E-state index in [1.807, 2.05) is 102 Å². The lowest BCUT2D eigenvalue weighted by Crippen LogP contribution is -2.20. The van der Waals surface area contributed by atoms with Crippen LogP contribution >= 0.6 is 11.8 Å². The molecule has 0 saturated carbocycles. The van der Waals surface area contributed by atoms with Gasteiger partial charge in [0.25, 0.3) is 5.91 Å². The van der Waals surface area contributed by atoms with Crippen molar-refractivity contribution in [3.8, 4) is 34.3 Å². The predicted molar refractivity (Wildman–Crippen MR) is 164 cm³/mol. The van der Waals surface area contributed by atoms with Crippen LogP contribution < -0.4 is 19.6 Å². The fraction of sp³-hybridized carbons (Fsp3) is 0.125. The number of ether oxygens (including phenoxy) is 3. The first-order valence-corrected chi connectivity index (χ1v) is 14.1. The Balaban J connectivity index is 1.24. The van der Waals surface area contributed by atoms with Gasteiger partial charge in [-0.3, -0.25) is 9.36 Å². The van der Waals surface area contributed by atoms with Gasteiger partial charge in [-0.2, -0.15) is 5.10 Å². The fourth-order valence-corrected chi connectivity index (χ4v) is 4.81. The van der Waals surface area contributed by atoms with E-state index in [-0.39, 0.29) is 11.7 Å². The van der Waals surface area contributed by atoms with Crippen molar-refractivity contribution in [2.75, 3.05) is 20.0 Å². The van der Waals surface area contributed by atoms with E-state index in [0.29, 0.717) is 29.1 Å². The standard InChI is InChI=1S/C32H29N5O4S/c1-39-27-16-14-25(15-17-27)31-35-36-32(37(31)26-11-7-4-8-12-26)42-22-30(38)34-33-20-24-13-18-28(40-2)29(19-24)41-21-23-9-5-3-6-10-23/h3-20H,21-22H2,1-2H3,(H,34,38). The Morgan fingerprint density at radius 2 is 1.62 bits per heavy atom. The predicted octanol–water partition coefficient (Wildman–Crippen LogP) is 5.77. The van der Waals surface area contributed by atoms with Gasteiger partial charge >= 0.3 is 0 Å². The summed E-state index contributed by atoms with van der Waals surface area (Å²) in [6.07, 6.45) is 1.56. The molecule has 9 nitrogen and oxygen atoms in total. The number of benzene rings is 4. The summed E-state index contributed by atoms with van der Waals surface area (Å²) in [5.74, 6) is 2.43. The van der Waals surface area contributed by atoms with Crippen molar-refractivity contribution in [2.45, 2.75) is 11.8 Å².